The Hall–Kier alpha value is -0.120. The highest BCUT2D eigenvalue weighted by Crippen LogP contribution is 2.69. The minimum absolute atomic E-state index is 0.102. The van der Waals surface area contributed by atoms with Crippen LogP contribution >= 0.6 is 0 Å². The highest BCUT2D eigenvalue weighted by molar-refractivity contribution is 5.15. The molecule has 3 nitrogen and oxygen atoms in total. The van der Waals surface area contributed by atoms with Crippen molar-refractivity contribution in [3.63, 3.8) is 0 Å². The zero-order valence-corrected chi connectivity index (χ0v) is 14.6. The lowest BCUT2D eigenvalue weighted by Crippen LogP contribution is -2.57. The normalized spacial score (nSPS) is 64.2. The molecule has 4 saturated carbocycles. The molecule has 0 aromatic carbocycles. The smallest absolute Gasteiger partial charge is 0.0840 e. The van der Waals surface area contributed by atoms with E-state index in [1.54, 1.807) is 0 Å². The van der Waals surface area contributed by atoms with E-state index in [1.807, 2.05) is 0 Å². The maximum Gasteiger partial charge on any atom is 0.0840 e. The van der Waals surface area contributed by atoms with Crippen molar-refractivity contribution in [2.75, 3.05) is 6.61 Å². The van der Waals surface area contributed by atoms with Crippen LogP contribution in [0.2, 0.25) is 0 Å². The zero-order chi connectivity index (χ0) is 16.0. The van der Waals surface area contributed by atoms with Crippen LogP contribution in [-0.4, -0.2) is 34.6 Å². The van der Waals surface area contributed by atoms with Gasteiger partial charge in [-0.05, 0) is 87.4 Å². The second-order valence-electron chi connectivity index (χ2n) is 10.0. The SMILES string of the molecule is C[C@]12CC[C@H]3[C@@H](CC[C@@H]4C[C@@H](O)[C@@H]5C[C@@]43CO5)[C@@H]1CC[C@@]2(C)O. The first-order valence-electron chi connectivity index (χ1n) is 9.89. The van der Waals surface area contributed by atoms with Crippen molar-refractivity contribution in [3.05, 3.63) is 0 Å². The molecule has 130 valence electrons. The summed E-state index contributed by atoms with van der Waals surface area (Å²) < 4.78 is 6.08. The number of aliphatic hydroxyl groups excluding tert-OH is 1. The maximum absolute atomic E-state index is 11.0. The van der Waals surface area contributed by atoms with E-state index in [4.69, 9.17) is 4.74 Å². The second-order valence-corrected chi connectivity index (χ2v) is 10.0. The molecule has 9 atom stereocenters. The van der Waals surface area contributed by atoms with E-state index < -0.39 is 5.60 Å². The van der Waals surface area contributed by atoms with Crippen molar-refractivity contribution < 1.29 is 14.9 Å². The topological polar surface area (TPSA) is 49.7 Å². The largest absolute Gasteiger partial charge is 0.390 e. The van der Waals surface area contributed by atoms with Crippen molar-refractivity contribution in [1.82, 2.24) is 0 Å². The Labute approximate surface area is 139 Å². The molecule has 3 heteroatoms. The van der Waals surface area contributed by atoms with E-state index in [9.17, 15) is 10.2 Å². The lowest BCUT2D eigenvalue weighted by atomic mass is 9.44. The average molecular weight is 320 g/mol. The van der Waals surface area contributed by atoms with Gasteiger partial charge in [0.25, 0.3) is 0 Å². The molecular formula is C20H32O3. The third kappa shape index (κ3) is 1.72. The molecule has 5 fully saturated rings. The fourth-order valence-electron chi connectivity index (χ4n) is 7.97. The van der Waals surface area contributed by atoms with Crippen LogP contribution in [0.4, 0.5) is 0 Å². The van der Waals surface area contributed by atoms with E-state index in [0.717, 1.165) is 37.7 Å². The van der Waals surface area contributed by atoms with Gasteiger partial charge in [0.05, 0.1) is 24.4 Å². The average Bonchev–Trinajstić information content (AvgIpc) is 3.00. The van der Waals surface area contributed by atoms with Crippen LogP contribution in [0.25, 0.3) is 0 Å². The molecular weight excluding hydrogens is 288 g/mol. The first kappa shape index (κ1) is 15.2. The molecule has 1 heterocycles. The van der Waals surface area contributed by atoms with Gasteiger partial charge in [-0.1, -0.05) is 6.92 Å². The molecule has 1 aliphatic heterocycles. The first-order valence-corrected chi connectivity index (χ1v) is 9.89. The van der Waals surface area contributed by atoms with Crippen molar-refractivity contribution in [1.29, 1.82) is 0 Å². The predicted octanol–water partition coefficient (Wildman–Crippen LogP) is 3.13. The predicted molar refractivity (Wildman–Crippen MR) is 87.8 cm³/mol. The van der Waals surface area contributed by atoms with Crippen molar-refractivity contribution in [2.45, 2.75) is 83.0 Å². The van der Waals surface area contributed by atoms with Crippen molar-refractivity contribution in [2.24, 2.45) is 34.5 Å². The van der Waals surface area contributed by atoms with Gasteiger partial charge in [0.1, 0.15) is 0 Å². The quantitative estimate of drug-likeness (QED) is 0.721. The summed E-state index contributed by atoms with van der Waals surface area (Å²) >= 11 is 0. The van der Waals surface area contributed by atoms with Crippen LogP contribution in [0.1, 0.15) is 65.2 Å². The molecule has 0 radical (unpaired) electrons. The van der Waals surface area contributed by atoms with E-state index in [0.29, 0.717) is 17.3 Å². The fourth-order valence-corrected chi connectivity index (χ4v) is 7.97. The molecule has 1 saturated heterocycles. The Morgan fingerprint density at radius 3 is 2.61 bits per heavy atom. The second kappa shape index (κ2) is 4.53. The molecule has 2 N–H and O–H groups in total. The summed E-state index contributed by atoms with van der Waals surface area (Å²) in [5, 5.41) is 21.3. The monoisotopic (exact) mass is 320 g/mol. The molecule has 5 rings (SSSR count). The van der Waals surface area contributed by atoms with Gasteiger partial charge in [-0.15, -0.1) is 0 Å². The molecule has 0 amide bonds. The third-order valence-electron chi connectivity index (χ3n) is 9.50. The summed E-state index contributed by atoms with van der Waals surface area (Å²) in [7, 11) is 0. The van der Waals surface area contributed by atoms with E-state index in [-0.39, 0.29) is 17.6 Å². The van der Waals surface area contributed by atoms with Gasteiger partial charge in [-0.25, -0.2) is 0 Å². The molecule has 0 aromatic heterocycles. The van der Waals surface area contributed by atoms with Crippen LogP contribution in [0.15, 0.2) is 0 Å². The molecule has 0 aromatic rings. The molecule has 4 aliphatic carbocycles. The highest BCUT2D eigenvalue weighted by Gasteiger charge is 2.66. The first-order chi connectivity index (χ1) is 10.9. The van der Waals surface area contributed by atoms with Crippen LogP contribution in [-0.2, 0) is 4.74 Å². The lowest BCUT2D eigenvalue weighted by Gasteiger charge is -2.60. The van der Waals surface area contributed by atoms with Crippen molar-refractivity contribution >= 4 is 0 Å². The van der Waals surface area contributed by atoms with Gasteiger partial charge in [0.15, 0.2) is 0 Å². The van der Waals surface area contributed by atoms with Gasteiger partial charge >= 0.3 is 0 Å². The number of hydrogen-bond acceptors (Lipinski definition) is 3. The summed E-state index contributed by atoms with van der Waals surface area (Å²) in [6, 6.07) is 0. The van der Waals surface area contributed by atoms with Gasteiger partial charge in [-0.3, -0.25) is 0 Å². The van der Waals surface area contributed by atoms with Gasteiger partial charge in [-0.2, -0.15) is 0 Å². The number of fused-ring (bicyclic) bond motifs is 4. The van der Waals surface area contributed by atoms with Gasteiger partial charge in [0.2, 0.25) is 0 Å². The number of rotatable bonds is 0. The Balaban J connectivity index is 1.50. The van der Waals surface area contributed by atoms with Crippen molar-refractivity contribution in [3.8, 4) is 0 Å². The Morgan fingerprint density at radius 2 is 1.78 bits per heavy atom. The lowest BCUT2D eigenvalue weighted by molar-refractivity contribution is -0.148. The highest BCUT2D eigenvalue weighted by atomic mass is 16.5. The summed E-state index contributed by atoms with van der Waals surface area (Å²) in [5.41, 5.74) is -0.0120. The van der Waals surface area contributed by atoms with E-state index in [1.165, 1.54) is 32.1 Å². The van der Waals surface area contributed by atoms with Crippen LogP contribution in [0.3, 0.4) is 0 Å². The number of hydrogen-bond donors (Lipinski definition) is 2. The minimum Gasteiger partial charge on any atom is -0.390 e. The van der Waals surface area contributed by atoms with E-state index >= 15 is 0 Å². The molecule has 5 aliphatic rings. The summed E-state index contributed by atoms with van der Waals surface area (Å²) in [6.07, 6.45) is 9.13. The number of ether oxygens (including phenoxy) is 1. The molecule has 23 heavy (non-hydrogen) atoms. The fraction of sp³-hybridized carbons (Fsp3) is 1.00. The Kier molecular flexibility index (Phi) is 2.99. The summed E-state index contributed by atoms with van der Waals surface area (Å²) in [6.45, 7) is 5.34. The van der Waals surface area contributed by atoms with Crippen LogP contribution in [0.5, 0.6) is 0 Å². The Bertz CT molecular complexity index is 517. The maximum atomic E-state index is 11.0. The van der Waals surface area contributed by atoms with Gasteiger partial charge < -0.3 is 14.9 Å². The molecule has 2 bridgehead atoms. The standard InChI is InChI=1S/C20H32O3/c1-18-7-5-15-13(14(18)6-8-19(18,2)22)4-3-12-9-16(21)17-10-20(12,15)11-23-17/h12-17,21-22H,3-11H2,1-2H3/t12-,13+,14+,15+,16-,17+,18+,19-,20-/m1/s1. The van der Waals surface area contributed by atoms with Gasteiger partial charge in [0, 0.05) is 5.41 Å². The molecule has 0 unspecified atom stereocenters. The van der Waals surface area contributed by atoms with Crippen LogP contribution < -0.4 is 0 Å². The molecule has 1 spiro atoms. The number of aliphatic hydroxyl groups is 2. The summed E-state index contributed by atoms with van der Waals surface area (Å²) in [4.78, 5) is 0. The third-order valence-corrected chi connectivity index (χ3v) is 9.50. The summed E-state index contributed by atoms with van der Waals surface area (Å²) in [5.74, 6) is 2.91. The zero-order valence-electron chi connectivity index (χ0n) is 14.6. The minimum atomic E-state index is -0.478. The van der Waals surface area contributed by atoms with Crippen LogP contribution in [0, 0.1) is 34.5 Å². The Morgan fingerprint density at radius 1 is 1.00 bits per heavy atom. The van der Waals surface area contributed by atoms with E-state index in [2.05, 4.69) is 13.8 Å².